The van der Waals surface area contributed by atoms with Gasteiger partial charge in [0.15, 0.2) is 0 Å². The van der Waals surface area contributed by atoms with Crippen LogP contribution in [0.25, 0.3) is 0 Å². The van der Waals surface area contributed by atoms with Gasteiger partial charge in [-0.25, -0.2) is 0 Å². The molecule has 1 nitrogen and oxygen atoms in total. The molecule has 1 rings (SSSR count). The van der Waals surface area contributed by atoms with Crippen LogP contribution in [0.2, 0.25) is 0 Å². The van der Waals surface area contributed by atoms with Crippen LogP contribution < -0.4 is 0 Å². The summed E-state index contributed by atoms with van der Waals surface area (Å²) in [5.74, 6) is 1.61. The van der Waals surface area contributed by atoms with Crippen molar-refractivity contribution in [3.8, 4) is 0 Å². The first kappa shape index (κ1) is 12.0. The van der Waals surface area contributed by atoms with Gasteiger partial charge < -0.3 is 0 Å². The minimum Gasteiger partial charge on any atom is -0.300 e. The van der Waals surface area contributed by atoms with Crippen molar-refractivity contribution in [2.75, 3.05) is 7.05 Å². The molecule has 1 aliphatic rings. The van der Waals surface area contributed by atoms with Crippen molar-refractivity contribution in [1.82, 2.24) is 4.90 Å². The van der Waals surface area contributed by atoms with Gasteiger partial charge in [0, 0.05) is 12.1 Å². The Hall–Kier alpha value is -0.0400. The molecule has 0 bridgehead atoms. The molecule has 1 fully saturated rings. The molecule has 0 saturated carbocycles. The molecule has 2 unspecified atom stereocenters. The van der Waals surface area contributed by atoms with E-state index in [0.717, 1.165) is 23.9 Å². The molecule has 1 saturated heterocycles. The number of nitrogens with zero attached hydrogens (tertiary/aromatic N) is 1. The molecular formula is C13H27N. The standard InChI is InChI=1S/C13H27N/c1-10(2)12-8-6-7-9-13(11(3)4)14(12)5/h10-13H,6-9H2,1-5H3. The van der Waals surface area contributed by atoms with Gasteiger partial charge in [-0.1, -0.05) is 40.5 Å². The van der Waals surface area contributed by atoms with Gasteiger partial charge >= 0.3 is 0 Å². The molecule has 84 valence electrons. The Morgan fingerprint density at radius 3 is 1.50 bits per heavy atom. The van der Waals surface area contributed by atoms with Crippen molar-refractivity contribution in [3.05, 3.63) is 0 Å². The Morgan fingerprint density at radius 1 is 0.857 bits per heavy atom. The van der Waals surface area contributed by atoms with Crippen molar-refractivity contribution in [2.24, 2.45) is 11.8 Å². The molecule has 0 aromatic heterocycles. The lowest BCUT2D eigenvalue weighted by Gasteiger charge is -2.37. The number of hydrogen-bond acceptors (Lipinski definition) is 1. The van der Waals surface area contributed by atoms with Gasteiger partial charge in [0.2, 0.25) is 0 Å². The summed E-state index contributed by atoms with van der Waals surface area (Å²) in [5, 5.41) is 0. The van der Waals surface area contributed by atoms with Crippen LogP contribution in [-0.4, -0.2) is 24.0 Å². The fourth-order valence-corrected chi connectivity index (χ4v) is 2.97. The van der Waals surface area contributed by atoms with E-state index in [2.05, 4.69) is 39.6 Å². The highest BCUT2D eigenvalue weighted by molar-refractivity contribution is 4.83. The van der Waals surface area contributed by atoms with Crippen molar-refractivity contribution < 1.29 is 0 Å². The lowest BCUT2D eigenvalue weighted by atomic mass is 9.95. The van der Waals surface area contributed by atoms with E-state index in [1.54, 1.807) is 0 Å². The molecule has 0 aliphatic carbocycles. The van der Waals surface area contributed by atoms with Gasteiger partial charge in [-0.05, 0) is 31.7 Å². The smallest absolute Gasteiger partial charge is 0.0118 e. The third-order valence-electron chi connectivity index (χ3n) is 3.84. The first-order chi connectivity index (χ1) is 6.54. The SMILES string of the molecule is CC(C)C1CCCCC(C(C)C)N1C. The molecule has 1 heteroatoms. The lowest BCUT2D eigenvalue weighted by molar-refractivity contribution is 0.108. The largest absolute Gasteiger partial charge is 0.300 e. The van der Waals surface area contributed by atoms with E-state index in [0.29, 0.717) is 0 Å². The average molecular weight is 197 g/mol. The van der Waals surface area contributed by atoms with Crippen LogP contribution >= 0.6 is 0 Å². The zero-order valence-electron chi connectivity index (χ0n) is 10.6. The van der Waals surface area contributed by atoms with E-state index in [-0.39, 0.29) is 0 Å². The van der Waals surface area contributed by atoms with Gasteiger partial charge in [-0.15, -0.1) is 0 Å². The van der Waals surface area contributed by atoms with Crippen molar-refractivity contribution in [3.63, 3.8) is 0 Å². The van der Waals surface area contributed by atoms with E-state index in [1.807, 2.05) is 0 Å². The summed E-state index contributed by atoms with van der Waals surface area (Å²) in [6.45, 7) is 9.46. The molecule has 0 aromatic carbocycles. The molecule has 0 spiro atoms. The maximum absolute atomic E-state index is 2.66. The maximum Gasteiger partial charge on any atom is 0.0118 e. The van der Waals surface area contributed by atoms with Crippen LogP contribution in [0.4, 0.5) is 0 Å². The summed E-state index contributed by atoms with van der Waals surface area (Å²) in [6, 6.07) is 1.62. The summed E-state index contributed by atoms with van der Waals surface area (Å²) in [4.78, 5) is 2.66. The minimum absolute atomic E-state index is 0.805. The fraction of sp³-hybridized carbons (Fsp3) is 1.00. The van der Waals surface area contributed by atoms with Crippen molar-refractivity contribution in [1.29, 1.82) is 0 Å². The Labute approximate surface area is 89.9 Å². The summed E-state index contributed by atoms with van der Waals surface area (Å²) in [5.41, 5.74) is 0. The Morgan fingerprint density at radius 2 is 1.21 bits per heavy atom. The highest BCUT2D eigenvalue weighted by atomic mass is 15.2. The van der Waals surface area contributed by atoms with Crippen LogP contribution in [-0.2, 0) is 0 Å². The number of rotatable bonds is 2. The second-order valence-corrected chi connectivity index (χ2v) is 5.57. The summed E-state index contributed by atoms with van der Waals surface area (Å²) >= 11 is 0. The van der Waals surface area contributed by atoms with Crippen LogP contribution in [0.5, 0.6) is 0 Å². The van der Waals surface area contributed by atoms with E-state index in [4.69, 9.17) is 0 Å². The van der Waals surface area contributed by atoms with Crippen LogP contribution in [0.3, 0.4) is 0 Å². The number of likely N-dealkylation sites (tertiary alicyclic amines) is 1. The van der Waals surface area contributed by atoms with E-state index < -0.39 is 0 Å². The third kappa shape index (κ3) is 2.73. The van der Waals surface area contributed by atoms with E-state index in [1.165, 1.54) is 25.7 Å². The van der Waals surface area contributed by atoms with Gasteiger partial charge in [-0.2, -0.15) is 0 Å². The normalized spacial score (nSPS) is 31.1. The minimum atomic E-state index is 0.805. The highest BCUT2D eigenvalue weighted by Crippen LogP contribution is 2.28. The number of hydrogen-bond donors (Lipinski definition) is 0. The highest BCUT2D eigenvalue weighted by Gasteiger charge is 2.28. The second-order valence-electron chi connectivity index (χ2n) is 5.57. The Kier molecular flexibility index (Phi) is 4.43. The van der Waals surface area contributed by atoms with Gasteiger partial charge in [0.05, 0.1) is 0 Å². The molecule has 14 heavy (non-hydrogen) atoms. The summed E-state index contributed by atoms with van der Waals surface area (Å²) in [6.07, 6.45) is 5.65. The third-order valence-corrected chi connectivity index (χ3v) is 3.84. The Bertz CT molecular complexity index is 145. The van der Waals surface area contributed by atoms with Crippen molar-refractivity contribution >= 4 is 0 Å². The molecular weight excluding hydrogens is 170 g/mol. The first-order valence-corrected chi connectivity index (χ1v) is 6.26. The molecule has 1 aliphatic heterocycles. The fourth-order valence-electron chi connectivity index (χ4n) is 2.97. The molecule has 0 radical (unpaired) electrons. The van der Waals surface area contributed by atoms with E-state index in [9.17, 15) is 0 Å². The average Bonchev–Trinajstić information content (AvgIpc) is 2.26. The van der Waals surface area contributed by atoms with Crippen LogP contribution in [0, 0.1) is 11.8 Å². The molecule has 2 atom stereocenters. The van der Waals surface area contributed by atoms with Gasteiger partial charge in [-0.3, -0.25) is 4.90 Å². The Balaban J connectivity index is 2.69. The summed E-state index contributed by atoms with van der Waals surface area (Å²) < 4.78 is 0. The van der Waals surface area contributed by atoms with Crippen LogP contribution in [0.1, 0.15) is 53.4 Å². The quantitative estimate of drug-likeness (QED) is 0.654. The zero-order valence-corrected chi connectivity index (χ0v) is 10.6. The molecule has 0 N–H and O–H groups in total. The van der Waals surface area contributed by atoms with Gasteiger partial charge in [0.1, 0.15) is 0 Å². The summed E-state index contributed by atoms with van der Waals surface area (Å²) in [7, 11) is 2.33. The molecule has 0 aromatic rings. The zero-order chi connectivity index (χ0) is 10.7. The van der Waals surface area contributed by atoms with Gasteiger partial charge in [0.25, 0.3) is 0 Å². The monoisotopic (exact) mass is 197 g/mol. The molecule has 1 heterocycles. The predicted molar refractivity (Wildman–Crippen MR) is 63.5 cm³/mol. The molecule has 0 amide bonds. The predicted octanol–water partition coefficient (Wildman–Crippen LogP) is 3.54. The topological polar surface area (TPSA) is 3.24 Å². The first-order valence-electron chi connectivity index (χ1n) is 6.26. The van der Waals surface area contributed by atoms with Crippen LogP contribution in [0.15, 0.2) is 0 Å². The lowest BCUT2D eigenvalue weighted by Crippen LogP contribution is -2.44. The second kappa shape index (κ2) is 5.16. The van der Waals surface area contributed by atoms with Crippen molar-refractivity contribution in [2.45, 2.75) is 65.5 Å². The maximum atomic E-state index is 2.66. The van der Waals surface area contributed by atoms with E-state index >= 15 is 0 Å².